The number of anilines is 1. The third-order valence-corrected chi connectivity index (χ3v) is 3.49. The van der Waals surface area contributed by atoms with Crippen molar-refractivity contribution in [1.82, 2.24) is 0 Å². The van der Waals surface area contributed by atoms with Crippen molar-refractivity contribution in [2.45, 2.75) is 26.7 Å². The van der Waals surface area contributed by atoms with Crippen LogP contribution in [0.3, 0.4) is 0 Å². The van der Waals surface area contributed by atoms with Crippen LogP contribution in [0.15, 0.2) is 18.2 Å². The zero-order chi connectivity index (χ0) is 13.3. The number of piperidine rings is 1. The lowest BCUT2D eigenvalue weighted by Gasteiger charge is -2.40. The van der Waals surface area contributed by atoms with Crippen molar-refractivity contribution in [3.05, 3.63) is 29.6 Å². The Bertz CT molecular complexity index is 468. The molecule has 1 aromatic carbocycles. The molecule has 2 rings (SSSR count). The maximum atomic E-state index is 13.3. The first kappa shape index (κ1) is 12.9. The van der Waals surface area contributed by atoms with E-state index < -0.39 is 0 Å². The standard InChI is InChI=1S/C14H20FN3/c1-14(2)6-3-7-18(9-14)12-5-4-10(15)8-11(12)13(16)17/h4-5,8H,3,6-7,9H2,1-2H3,(H3,16,17). The Balaban J connectivity index is 2.35. The van der Waals surface area contributed by atoms with E-state index in [4.69, 9.17) is 11.1 Å². The fourth-order valence-corrected chi connectivity index (χ4v) is 2.63. The van der Waals surface area contributed by atoms with Gasteiger partial charge in [-0.15, -0.1) is 0 Å². The van der Waals surface area contributed by atoms with Crippen LogP contribution in [0.25, 0.3) is 0 Å². The van der Waals surface area contributed by atoms with E-state index in [0.717, 1.165) is 25.2 Å². The molecule has 0 unspecified atom stereocenters. The molecule has 1 aromatic rings. The summed E-state index contributed by atoms with van der Waals surface area (Å²) in [4.78, 5) is 2.21. The smallest absolute Gasteiger partial charge is 0.125 e. The maximum absolute atomic E-state index is 13.3. The first-order valence-corrected chi connectivity index (χ1v) is 6.28. The number of amidine groups is 1. The molecule has 1 fully saturated rings. The van der Waals surface area contributed by atoms with E-state index in [1.165, 1.54) is 18.6 Å². The van der Waals surface area contributed by atoms with Crippen LogP contribution in [0.5, 0.6) is 0 Å². The Labute approximate surface area is 107 Å². The number of nitrogens with one attached hydrogen (secondary N) is 1. The Kier molecular flexibility index (Phi) is 3.28. The monoisotopic (exact) mass is 249 g/mol. The molecule has 4 heteroatoms. The molecule has 3 nitrogen and oxygen atoms in total. The van der Waals surface area contributed by atoms with Gasteiger partial charge in [0.1, 0.15) is 11.7 Å². The van der Waals surface area contributed by atoms with Gasteiger partial charge in [0.2, 0.25) is 0 Å². The summed E-state index contributed by atoms with van der Waals surface area (Å²) < 4.78 is 13.3. The summed E-state index contributed by atoms with van der Waals surface area (Å²) >= 11 is 0. The molecule has 18 heavy (non-hydrogen) atoms. The van der Waals surface area contributed by atoms with Gasteiger partial charge in [0.25, 0.3) is 0 Å². The molecule has 0 radical (unpaired) electrons. The Morgan fingerprint density at radius 3 is 2.78 bits per heavy atom. The molecule has 0 saturated carbocycles. The van der Waals surface area contributed by atoms with Crippen LogP contribution < -0.4 is 10.6 Å². The van der Waals surface area contributed by atoms with E-state index in [9.17, 15) is 4.39 Å². The van der Waals surface area contributed by atoms with Gasteiger partial charge in [0.05, 0.1) is 0 Å². The first-order chi connectivity index (χ1) is 8.39. The molecule has 0 atom stereocenters. The van der Waals surface area contributed by atoms with Gasteiger partial charge >= 0.3 is 0 Å². The van der Waals surface area contributed by atoms with Crippen LogP contribution >= 0.6 is 0 Å². The van der Waals surface area contributed by atoms with E-state index in [1.54, 1.807) is 6.07 Å². The lowest BCUT2D eigenvalue weighted by atomic mass is 9.84. The summed E-state index contributed by atoms with van der Waals surface area (Å²) in [5.74, 6) is -0.423. The molecule has 1 heterocycles. The van der Waals surface area contributed by atoms with Crippen LogP contribution in [-0.2, 0) is 0 Å². The zero-order valence-corrected chi connectivity index (χ0v) is 11.0. The number of benzene rings is 1. The lowest BCUT2D eigenvalue weighted by Crippen LogP contribution is -2.41. The fourth-order valence-electron chi connectivity index (χ4n) is 2.63. The third-order valence-electron chi connectivity index (χ3n) is 3.49. The minimum absolute atomic E-state index is 0.0760. The molecule has 0 bridgehead atoms. The average Bonchev–Trinajstić information content (AvgIpc) is 2.27. The maximum Gasteiger partial charge on any atom is 0.125 e. The highest BCUT2D eigenvalue weighted by Gasteiger charge is 2.27. The number of rotatable bonds is 2. The van der Waals surface area contributed by atoms with Crippen molar-refractivity contribution < 1.29 is 4.39 Å². The molecule has 1 aliphatic heterocycles. The number of hydrogen-bond acceptors (Lipinski definition) is 2. The molecule has 0 amide bonds. The average molecular weight is 249 g/mol. The Morgan fingerprint density at radius 2 is 2.17 bits per heavy atom. The number of nitrogen functional groups attached to an aromatic ring is 1. The number of nitrogens with zero attached hydrogens (tertiary/aromatic N) is 1. The van der Waals surface area contributed by atoms with Gasteiger partial charge in [-0.2, -0.15) is 0 Å². The number of hydrogen-bond donors (Lipinski definition) is 2. The van der Waals surface area contributed by atoms with E-state index in [1.807, 2.05) is 0 Å². The van der Waals surface area contributed by atoms with Gasteiger partial charge in [0.15, 0.2) is 0 Å². The Hall–Kier alpha value is -1.58. The van der Waals surface area contributed by atoms with Crippen molar-refractivity contribution in [3.8, 4) is 0 Å². The summed E-state index contributed by atoms with van der Waals surface area (Å²) in [6.45, 7) is 6.32. The number of nitrogens with two attached hydrogens (primary N) is 1. The van der Waals surface area contributed by atoms with Crippen molar-refractivity contribution in [3.63, 3.8) is 0 Å². The van der Waals surface area contributed by atoms with Gasteiger partial charge < -0.3 is 10.6 Å². The molecule has 3 N–H and O–H groups in total. The lowest BCUT2D eigenvalue weighted by molar-refractivity contribution is 0.293. The van der Waals surface area contributed by atoms with Gasteiger partial charge in [-0.1, -0.05) is 13.8 Å². The topological polar surface area (TPSA) is 53.1 Å². The second kappa shape index (κ2) is 4.59. The van der Waals surface area contributed by atoms with Gasteiger partial charge in [-0.05, 0) is 36.5 Å². The predicted octanol–water partition coefficient (Wildman–Crippen LogP) is 2.74. The van der Waals surface area contributed by atoms with Crippen LogP contribution in [0, 0.1) is 16.6 Å². The summed E-state index contributed by atoms with van der Waals surface area (Å²) in [6, 6.07) is 4.51. The fraction of sp³-hybridized carbons (Fsp3) is 0.500. The number of halogens is 1. The summed E-state index contributed by atoms with van der Waals surface area (Å²) in [7, 11) is 0. The highest BCUT2D eigenvalue weighted by atomic mass is 19.1. The summed E-state index contributed by atoms with van der Waals surface area (Å²) in [5, 5.41) is 7.57. The van der Waals surface area contributed by atoms with Crippen LogP contribution in [0.4, 0.5) is 10.1 Å². The molecular formula is C14H20FN3. The molecule has 0 spiro atoms. The minimum Gasteiger partial charge on any atom is -0.384 e. The third kappa shape index (κ3) is 2.63. The van der Waals surface area contributed by atoms with E-state index in [2.05, 4.69) is 18.7 Å². The normalized spacial score (nSPS) is 18.7. The van der Waals surface area contributed by atoms with E-state index >= 15 is 0 Å². The van der Waals surface area contributed by atoms with E-state index in [0.29, 0.717) is 5.56 Å². The van der Waals surface area contributed by atoms with Gasteiger partial charge in [-0.25, -0.2) is 4.39 Å². The first-order valence-electron chi connectivity index (χ1n) is 6.28. The summed E-state index contributed by atoms with van der Waals surface area (Å²) in [5.41, 5.74) is 7.16. The second-order valence-corrected chi connectivity index (χ2v) is 5.76. The second-order valence-electron chi connectivity index (χ2n) is 5.76. The largest absolute Gasteiger partial charge is 0.384 e. The van der Waals surface area contributed by atoms with E-state index in [-0.39, 0.29) is 17.1 Å². The van der Waals surface area contributed by atoms with Gasteiger partial charge in [-0.3, -0.25) is 5.41 Å². The molecule has 0 aliphatic carbocycles. The molecule has 1 aliphatic rings. The minimum atomic E-state index is -0.347. The highest BCUT2D eigenvalue weighted by Crippen LogP contribution is 2.33. The van der Waals surface area contributed by atoms with Crippen molar-refractivity contribution in [1.29, 1.82) is 5.41 Å². The van der Waals surface area contributed by atoms with Crippen LogP contribution in [0.1, 0.15) is 32.3 Å². The van der Waals surface area contributed by atoms with Crippen molar-refractivity contribution in [2.24, 2.45) is 11.1 Å². The Morgan fingerprint density at radius 1 is 1.44 bits per heavy atom. The van der Waals surface area contributed by atoms with Crippen LogP contribution in [-0.4, -0.2) is 18.9 Å². The summed E-state index contributed by atoms with van der Waals surface area (Å²) in [6.07, 6.45) is 2.31. The van der Waals surface area contributed by atoms with Crippen molar-refractivity contribution >= 4 is 11.5 Å². The quantitative estimate of drug-likeness (QED) is 0.625. The van der Waals surface area contributed by atoms with Crippen LogP contribution in [0.2, 0.25) is 0 Å². The molecule has 1 saturated heterocycles. The zero-order valence-electron chi connectivity index (χ0n) is 11.0. The van der Waals surface area contributed by atoms with Gasteiger partial charge in [0, 0.05) is 24.3 Å². The SMILES string of the molecule is CC1(C)CCCN(c2ccc(F)cc2C(=N)N)C1. The van der Waals surface area contributed by atoms with Crippen molar-refractivity contribution in [2.75, 3.05) is 18.0 Å². The predicted molar refractivity (Wildman–Crippen MR) is 72.6 cm³/mol. The molecular weight excluding hydrogens is 229 g/mol. The highest BCUT2D eigenvalue weighted by molar-refractivity contribution is 6.00. The molecule has 0 aromatic heterocycles. The molecule has 98 valence electrons.